The van der Waals surface area contributed by atoms with Crippen LogP contribution in [0.15, 0.2) is 0 Å². The number of carbonyl (C=O) groups is 3. The van der Waals surface area contributed by atoms with Crippen molar-refractivity contribution < 1.29 is 34.4 Å². The Kier molecular flexibility index (Phi) is 7.59. The van der Waals surface area contributed by atoms with E-state index in [9.17, 15) is 24.6 Å². The molecule has 2 aliphatic rings. The number of hydrogen-bond acceptors (Lipinski definition) is 5. The highest BCUT2D eigenvalue weighted by atomic mass is 16.5. The molecule has 0 heterocycles. The zero-order valence-electron chi connectivity index (χ0n) is 18.8. The molecule has 0 aromatic heterocycles. The van der Waals surface area contributed by atoms with Crippen LogP contribution in [0.4, 0.5) is 0 Å². The lowest BCUT2D eigenvalue weighted by Crippen LogP contribution is -2.59. The molecule has 0 aliphatic heterocycles. The fourth-order valence-corrected chi connectivity index (χ4v) is 6.34. The van der Waals surface area contributed by atoms with Gasteiger partial charge in [0.2, 0.25) is 0 Å². The summed E-state index contributed by atoms with van der Waals surface area (Å²) in [6, 6.07) is 0. The van der Waals surface area contributed by atoms with Crippen LogP contribution >= 0.6 is 0 Å². The Morgan fingerprint density at radius 1 is 1.07 bits per heavy atom. The van der Waals surface area contributed by atoms with E-state index < -0.39 is 35.3 Å². The molecule has 0 amide bonds. The number of esters is 1. The predicted octanol–water partition coefficient (Wildman–Crippen LogP) is 3.87. The van der Waals surface area contributed by atoms with Gasteiger partial charge in [-0.2, -0.15) is 0 Å². The van der Waals surface area contributed by atoms with Crippen LogP contribution in [-0.2, 0) is 19.1 Å². The molecule has 0 saturated heterocycles. The summed E-state index contributed by atoms with van der Waals surface area (Å²) < 4.78 is 4.98. The molecule has 0 unspecified atom stereocenters. The molecular weight excluding hydrogens is 388 g/mol. The van der Waals surface area contributed by atoms with Gasteiger partial charge in [-0.15, -0.1) is 0 Å². The molecule has 0 bridgehead atoms. The SMILES string of the molecule is C[C@H](CCOC(=O)CC(=O)O)CC[C@H]1[C@]2(C)CCC[C@](C)(C(=O)O)[C@H]2CC[C@]1(C)O. The first kappa shape index (κ1) is 24.6. The highest BCUT2D eigenvalue weighted by molar-refractivity contribution is 5.90. The van der Waals surface area contributed by atoms with Gasteiger partial charge in [0.15, 0.2) is 0 Å². The molecule has 2 rings (SSSR count). The second kappa shape index (κ2) is 9.25. The lowest BCUT2D eigenvalue weighted by Gasteiger charge is -2.60. The zero-order chi connectivity index (χ0) is 22.7. The molecule has 172 valence electrons. The summed E-state index contributed by atoms with van der Waals surface area (Å²) in [7, 11) is 0. The Morgan fingerprint density at radius 2 is 1.73 bits per heavy atom. The van der Waals surface area contributed by atoms with Gasteiger partial charge >= 0.3 is 17.9 Å². The van der Waals surface area contributed by atoms with Gasteiger partial charge in [0.05, 0.1) is 17.6 Å². The van der Waals surface area contributed by atoms with Gasteiger partial charge in [-0.3, -0.25) is 14.4 Å². The normalized spacial score (nSPS) is 37.1. The standard InChI is InChI=1S/C23H38O7/c1-15(9-13-30-19(26)14-18(24)25)6-7-17-21(2)10-5-11-22(3,20(27)28)16(21)8-12-23(17,4)29/h15-17,29H,5-14H2,1-4H3,(H,24,25)(H,27,28)/t15-,16-,17-,21+,22-,23-/m0/s1. The molecule has 2 saturated carbocycles. The average Bonchev–Trinajstić information content (AvgIpc) is 2.59. The molecule has 0 aromatic carbocycles. The van der Waals surface area contributed by atoms with E-state index in [0.717, 1.165) is 32.1 Å². The third-order valence-electron chi connectivity index (χ3n) is 8.07. The van der Waals surface area contributed by atoms with E-state index in [-0.39, 0.29) is 29.8 Å². The summed E-state index contributed by atoms with van der Waals surface area (Å²) >= 11 is 0. The summed E-state index contributed by atoms with van der Waals surface area (Å²) in [4.78, 5) is 34.0. The zero-order valence-corrected chi connectivity index (χ0v) is 18.8. The fourth-order valence-electron chi connectivity index (χ4n) is 6.34. The van der Waals surface area contributed by atoms with E-state index in [1.54, 1.807) is 0 Å². The van der Waals surface area contributed by atoms with E-state index in [4.69, 9.17) is 9.84 Å². The number of rotatable bonds is 9. The smallest absolute Gasteiger partial charge is 0.317 e. The Morgan fingerprint density at radius 3 is 2.33 bits per heavy atom. The number of fused-ring (bicyclic) bond motifs is 1. The number of carboxylic acid groups (broad SMARTS) is 2. The van der Waals surface area contributed by atoms with Gasteiger partial charge in [0, 0.05) is 0 Å². The minimum Gasteiger partial charge on any atom is -0.481 e. The Bertz CT molecular complexity index is 658. The van der Waals surface area contributed by atoms with Gasteiger partial charge < -0.3 is 20.1 Å². The average molecular weight is 427 g/mol. The van der Waals surface area contributed by atoms with Gasteiger partial charge in [-0.25, -0.2) is 0 Å². The van der Waals surface area contributed by atoms with E-state index >= 15 is 0 Å². The molecule has 7 nitrogen and oxygen atoms in total. The summed E-state index contributed by atoms with van der Waals surface area (Å²) in [5.74, 6) is -2.34. The summed E-state index contributed by atoms with van der Waals surface area (Å²) in [6.45, 7) is 8.19. The highest BCUT2D eigenvalue weighted by Gasteiger charge is 2.61. The van der Waals surface area contributed by atoms with Crippen molar-refractivity contribution in [3.63, 3.8) is 0 Å². The number of aliphatic carboxylic acids is 2. The maximum absolute atomic E-state index is 12.1. The molecule has 0 spiro atoms. The van der Waals surface area contributed by atoms with Crippen molar-refractivity contribution in [3.05, 3.63) is 0 Å². The topological polar surface area (TPSA) is 121 Å². The first-order valence-electron chi connectivity index (χ1n) is 11.2. The Balaban J connectivity index is 2.01. The van der Waals surface area contributed by atoms with Crippen molar-refractivity contribution in [1.29, 1.82) is 0 Å². The second-order valence-electron chi connectivity index (χ2n) is 10.3. The van der Waals surface area contributed by atoms with Gasteiger partial charge in [0.25, 0.3) is 0 Å². The lowest BCUT2D eigenvalue weighted by atomic mass is 9.44. The van der Waals surface area contributed by atoms with Gasteiger partial charge in [-0.05, 0) is 75.5 Å². The van der Waals surface area contributed by atoms with E-state index in [2.05, 4.69) is 13.8 Å². The first-order valence-corrected chi connectivity index (χ1v) is 11.2. The molecule has 6 atom stereocenters. The molecule has 3 N–H and O–H groups in total. The van der Waals surface area contributed by atoms with Crippen LogP contribution in [0.5, 0.6) is 0 Å². The fraction of sp³-hybridized carbons (Fsp3) is 0.870. The van der Waals surface area contributed by atoms with Crippen LogP contribution in [0.25, 0.3) is 0 Å². The molecule has 30 heavy (non-hydrogen) atoms. The number of ether oxygens (including phenoxy) is 1. The minimum absolute atomic E-state index is 0.0136. The molecule has 2 fully saturated rings. The summed E-state index contributed by atoms with van der Waals surface area (Å²) in [5, 5.41) is 29.8. The van der Waals surface area contributed by atoms with Crippen LogP contribution in [0, 0.1) is 28.6 Å². The molecule has 2 aliphatic carbocycles. The van der Waals surface area contributed by atoms with Crippen molar-refractivity contribution in [2.24, 2.45) is 28.6 Å². The lowest BCUT2D eigenvalue weighted by molar-refractivity contribution is -0.191. The van der Waals surface area contributed by atoms with Crippen molar-refractivity contribution >= 4 is 17.9 Å². The van der Waals surface area contributed by atoms with Crippen LogP contribution in [0.2, 0.25) is 0 Å². The number of hydrogen-bond donors (Lipinski definition) is 3. The molecular formula is C23H38O7. The third kappa shape index (κ3) is 5.16. The minimum atomic E-state index is -1.20. The monoisotopic (exact) mass is 426 g/mol. The third-order valence-corrected chi connectivity index (χ3v) is 8.07. The van der Waals surface area contributed by atoms with Gasteiger partial charge in [-0.1, -0.05) is 26.7 Å². The largest absolute Gasteiger partial charge is 0.481 e. The first-order chi connectivity index (χ1) is 13.8. The highest BCUT2D eigenvalue weighted by Crippen LogP contribution is 2.63. The Labute approximate surface area is 179 Å². The predicted molar refractivity (Wildman–Crippen MR) is 111 cm³/mol. The maximum atomic E-state index is 12.1. The van der Waals surface area contributed by atoms with Crippen molar-refractivity contribution in [3.8, 4) is 0 Å². The van der Waals surface area contributed by atoms with Crippen LogP contribution in [-0.4, -0.2) is 45.4 Å². The van der Waals surface area contributed by atoms with Crippen molar-refractivity contribution in [2.75, 3.05) is 6.61 Å². The van der Waals surface area contributed by atoms with Crippen LogP contribution < -0.4 is 0 Å². The van der Waals surface area contributed by atoms with E-state index in [0.29, 0.717) is 19.3 Å². The van der Waals surface area contributed by atoms with E-state index in [1.165, 1.54) is 0 Å². The Hall–Kier alpha value is -1.63. The number of carbonyl (C=O) groups excluding carboxylic acids is 1. The summed E-state index contributed by atoms with van der Waals surface area (Å²) in [6.07, 6.45) is 5.47. The molecule has 0 radical (unpaired) electrons. The number of aliphatic hydroxyl groups is 1. The summed E-state index contributed by atoms with van der Waals surface area (Å²) in [5.41, 5.74) is -1.79. The van der Waals surface area contributed by atoms with Crippen molar-refractivity contribution in [2.45, 2.75) is 91.1 Å². The van der Waals surface area contributed by atoms with Gasteiger partial charge in [0.1, 0.15) is 6.42 Å². The van der Waals surface area contributed by atoms with Crippen molar-refractivity contribution in [1.82, 2.24) is 0 Å². The second-order valence-corrected chi connectivity index (χ2v) is 10.3. The number of carboxylic acids is 2. The molecule has 0 aromatic rings. The van der Waals surface area contributed by atoms with E-state index in [1.807, 2.05) is 13.8 Å². The maximum Gasteiger partial charge on any atom is 0.317 e. The molecule has 7 heteroatoms. The van der Waals surface area contributed by atoms with Crippen LogP contribution in [0.1, 0.15) is 85.5 Å². The quantitative estimate of drug-likeness (QED) is 0.378. The van der Waals surface area contributed by atoms with Crippen LogP contribution in [0.3, 0.4) is 0 Å².